The van der Waals surface area contributed by atoms with Gasteiger partial charge in [-0.15, -0.1) is 0 Å². The summed E-state index contributed by atoms with van der Waals surface area (Å²) in [6.45, 7) is 1.33. The summed E-state index contributed by atoms with van der Waals surface area (Å²) >= 11 is 14.7. The predicted octanol–water partition coefficient (Wildman–Crippen LogP) is 7.50. The smallest absolute Gasteiger partial charge is 0.337 e. The van der Waals surface area contributed by atoms with E-state index in [0.29, 0.717) is 51.4 Å². The van der Waals surface area contributed by atoms with E-state index < -0.39 is 0 Å². The number of carbonyl (C=O) groups excluding carboxylic acids is 1. The van der Waals surface area contributed by atoms with Gasteiger partial charge in [0.25, 0.3) is 0 Å². The number of aromatic nitrogens is 2. The van der Waals surface area contributed by atoms with Crippen LogP contribution in [0.2, 0.25) is 10.0 Å². The Balaban J connectivity index is 1.09. The van der Waals surface area contributed by atoms with Crippen LogP contribution in [0.25, 0.3) is 21.5 Å². The fraction of sp³-hybridized carbons (Fsp3) is 0.414. The molecule has 0 N–H and O–H groups in total. The van der Waals surface area contributed by atoms with Crippen LogP contribution >= 0.6 is 34.5 Å². The first-order valence-corrected chi connectivity index (χ1v) is 14.9. The molecule has 7 nitrogen and oxygen atoms in total. The van der Waals surface area contributed by atoms with E-state index in [1.807, 2.05) is 30.3 Å². The zero-order valence-electron chi connectivity index (χ0n) is 21.4. The van der Waals surface area contributed by atoms with Gasteiger partial charge < -0.3 is 18.9 Å². The van der Waals surface area contributed by atoms with Crippen molar-refractivity contribution in [1.29, 1.82) is 0 Å². The number of anilines is 1. The van der Waals surface area contributed by atoms with Crippen molar-refractivity contribution in [3.63, 3.8) is 0 Å². The van der Waals surface area contributed by atoms with E-state index in [4.69, 9.17) is 42.2 Å². The average molecular weight is 585 g/mol. The molecule has 4 heterocycles. The first kappa shape index (κ1) is 25.3. The zero-order valence-corrected chi connectivity index (χ0v) is 23.7. The Morgan fingerprint density at radius 2 is 1.97 bits per heavy atom. The fourth-order valence-electron chi connectivity index (χ4n) is 6.02. The standard InChI is InChI=1S/C29H27Cl2N3O4S/c1-36-28(35)16-8-10-22-24(11-16)39-29(32-22)34-13-17-7-9-18(34)12-23(17)37-14-19-26(33-38-27(19)15-5-6-15)25-20(30)3-2-4-21(25)31/h2-4,8,10-11,15,17-18,23H,5-7,9,12-14H2,1H3. The minimum atomic E-state index is -0.332. The molecule has 3 atom stereocenters. The van der Waals surface area contributed by atoms with Gasteiger partial charge in [0.2, 0.25) is 0 Å². The molecule has 0 spiro atoms. The van der Waals surface area contributed by atoms with Crippen LogP contribution in [0.3, 0.4) is 0 Å². The van der Waals surface area contributed by atoms with Crippen molar-refractivity contribution < 1.29 is 18.8 Å². The lowest BCUT2D eigenvalue weighted by Crippen LogP contribution is -2.55. The van der Waals surface area contributed by atoms with Gasteiger partial charge in [-0.05, 0) is 62.4 Å². The van der Waals surface area contributed by atoms with Crippen molar-refractivity contribution in [2.75, 3.05) is 18.6 Å². The van der Waals surface area contributed by atoms with Crippen molar-refractivity contribution in [2.24, 2.45) is 5.92 Å². The second kappa shape index (κ2) is 10.1. The largest absolute Gasteiger partial charge is 0.465 e. The van der Waals surface area contributed by atoms with Crippen LogP contribution in [-0.2, 0) is 16.1 Å². The molecule has 39 heavy (non-hydrogen) atoms. The summed E-state index contributed by atoms with van der Waals surface area (Å²) in [5, 5.41) is 6.53. The van der Waals surface area contributed by atoms with Gasteiger partial charge in [-0.2, -0.15) is 0 Å². The van der Waals surface area contributed by atoms with E-state index in [2.05, 4.69) is 10.1 Å². The van der Waals surface area contributed by atoms with E-state index >= 15 is 0 Å². The number of nitrogens with zero attached hydrogens (tertiary/aromatic N) is 3. The highest BCUT2D eigenvalue weighted by molar-refractivity contribution is 7.22. The zero-order chi connectivity index (χ0) is 26.7. The molecule has 8 rings (SSSR count). The molecule has 2 saturated carbocycles. The number of esters is 1. The van der Waals surface area contributed by atoms with Crippen molar-refractivity contribution in [2.45, 2.75) is 56.8 Å². The van der Waals surface area contributed by atoms with Gasteiger partial charge in [-0.25, -0.2) is 9.78 Å². The fourth-order valence-corrected chi connectivity index (χ4v) is 7.68. The Labute approximate surface area is 240 Å². The van der Waals surface area contributed by atoms with E-state index in [1.165, 1.54) is 7.11 Å². The van der Waals surface area contributed by atoms with Crippen LogP contribution in [0.15, 0.2) is 40.9 Å². The topological polar surface area (TPSA) is 77.7 Å². The van der Waals surface area contributed by atoms with Crippen LogP contribution < -0.4 is 4.90 Å². The number of carbonyl (C=O) groups is 1. The van der Waals surface area contributed by atoms with Crippen molar-refractivity contribution in [1.82, 2.24) is 10.1 Å². The molecule has 2 aromatic heterocycles. The van der Waals surface area contributed by atoms with Gasteiger partial charge in [0.1, 0.15) is 11.5 Å². The first-order valence-electron chi connectivity index (χ1n) is 13.3. The maximum atomic E-state index is 12.0. The maximum absolute atomic E-state index is 12.0. The molecular formula is C29H27Cl2N3O4S. The minimum absolute atomic E-state index is 0.150. The Kier molecular flexibility index (Phi) is 6.54. The molecule has 2 bridgehead atoms. The third-order valence-electron chi connectivity index (χ3n) is 8.22. The number of fused-ring (bicyclic) bond motifs is 4. The van der Waals surface area contributed by atoms with Gasteiger partial charge in [0, 0.05) is 35.5 Å². The predicted molar refractivity (Wildman–Crippen MR) is 152 cm³/mol. The molecule has 0 amide bonds. The summed E-state index contributed by atoms with van der Waals surface area (Å²) in [4.78, 5) is 19.3. The summed E-state index contributed by atoms with van der Waals surface area (Å²) in [7, 11) is 1.40. The number of halogens is 2. The molecule has 10 heteroatoms. The van der Waals surface area contributed by atoms with E-state index in [9.17, 15) is 4.79 Å². The monoisotopic (exact) mass is 583 g/mol. The van der Waals surface area contributed by atoms with Crippen LogP contribution in [0.5, 0.6) is 0 Å². The SMILES string of the molecule is COC(=O)c1ccc2nc(N3CC4CCC3CC4OCc3c(-c4c(Cl)cccc4Cl)noc3C3CC3)sc2c1. The molecule has 4 aliphatic rings. The lowest BCUT2D eigenvalue weighted by atomic mass is 9.78. The number of hydrogen-bond acceptors (Lipinski definition) is 8. The number of piperidine rings is 2. The maximum Gasteiger partial charge on any atom is 0.337 e. The van der Waals surface area contributed by atoms with Gasteiger partial charge in [0.15, 0.2) is 5.13 Å². The highest BCUT2D eigenvalue weighted by Gasteiger charge is 2.43. The first-order chi connectivity index (χ1) is 19.0. The van der Waals surface area contributed by atoms with E-state index in [0.717, 1.165) is 65.3 Å². The molecule has 202 valence electrons. The number of thiazole rings is 1. The Bertz CT molecular complexity index is 1550. The molecular weight excluding hydrogens is 557 g/mol. The highest BCUT2D eigenvalue weighted by Crippen LogP contribution is 2.47. The number of methoxy groups -OCH3 is 1. The summed E-state index contributed by atoms with van der Waals surface area (Å²) in [5.74, 6) is 1.37. The van der Waals surface area contributed by atoms with Crippen LogP contribution in [0, 0.1) is 5.92 Å². The van der Waals surface area contributed by atoms with Crippen LogP contribution in [0.1, 0.15) is 59.7 Å². The molecule has 2 aliphatic heterocycles. The molecule has 2 aliphatic carbocycles. The lowest BCUT2D eigenvalue weighted by Gasteiger charge is -2.49. The van der Waals surface area contributed by atoms with Crippen molar-refractivity contribution in [3.05, 3.63) is 63.3 Å². The Morgan fingerprint density at radius 3 is 2.69 bits per heavy atom. The second-order valence-corrected chi connectivity index (χ2v) is 12.5. The van der Waals surface area contributed by atoms with Gasteiger partial charge >= 0.3 is 5.97 Å². The molecule has 4 fully saturated rings. The van der Waals surface area contributed by atoms with Crippen LogP contribution in [-0.4, -0.2) is 41.9 Å². The normalized spacial score (nSPS) is 22.5. The number of hydrogen-bond donors (Lipinski definition) is 0. The molecule has 4 aromatic rings. The van der Waals surface area contributed by atoms with Gasteiger partial charge in [-0.3, -0.25) is 0 Å². The molecule has 2 saturated heterocycles. The molecule has 0 radical (unpaired) electrons. The summed E-state index contributed by atoms with van der Waals surface area (Å²) in [5.41, 5.74) is 3.82. The highest BCUT2D eigenvalue weighted by atomic mass is 35.5. The van der Waals surface area contributed by atoms with Crippen molar-refractivity contribution >= 4 is 55.9 Å². The van der Waals surface area contributed by atoms with E-state index in [-0.39, 0.29) is 12.1 Å². The Hall–Kier alpha value is -2.65. The summed E-state index contributed by atoms with van der Waals surface area (Å²) in [6.07, 6.45) is 5.55. The van der Waals surface area contributed by atoms with Crippen molar-refractivity contribution in [3.8, 4) is 11.3 Å². The van der Waals surface area contributed by atoms with E-state index in [1.54, 1.807) is 17.4 Å². The Morgan fingerprint density at radius 1 is 1.15 bits per heavy atom. The number of ether oxygens (including phenoxy) is 2. The third kappa shape index (κ3) is 4.61. The van der Waals surface area contributed by atoms with Crippen LogP contribution in [0.4, 0.5) is 5.13 Å². The second-order valence-electron chi connectivity index (χ2n) is 10.6. The third-order valence-corrected chi connectivity index (χ3v) is 9.91. The summed E-state index contributed by atoms with van der Waals surface area (Å²) < 4.78 is 18.3. The van der Waals surface area contributed by atoms with Gasteiger partial charge in [0.05, 0.1) is 45.6 Å². The average Bonchev–Trinajstić information content (AvgIpc) is 3.57. The van der Waals surface area contributed by atoms with Gasteiger partial charge in [-0.1, -0.05) is 45.8 Å². The lowest BCUT2D eigenvalue weighted by molar-refractivity contribution is -0.0401. The summed E-state index contributed by atoms with van der Waals surface area (Å²) in [6, 6.07) is 11.4. The number of rotatable bonds is 7. The minimum Gasteiger partial charge on any atom is -0.465 e. The molecule has 3 unspecified atom stereocenters. The quantitative estimate of drug-likeness (QED) is 0.208. The molecule has 2 aromatic carbocycles. The number of benzene rings is 2.